The molecule has 0 aliphatic rings. The lowest BCUT2D eigenvalue weighted by Gasteiger charge is -2.18. The third kappa shape index (κ3) is 64.9. The van der Waals surface area contributed by atoms with E-state index in [1.807, 2.05) is 0 Å². The first-order valence-electron chi connectivity index (χ1n) is 31.9. The molecule has 0 aromatic rings. The maximum absolute atomic E-state index is 12.9. The number of carbonyl (C=O) groups is 3. The van der Waals surface area contributed by atoms with E-state index in [0.29, 0.717) is 19.3 Å². The predicted molar refractivity (Wildman–Crippen MR) is 352 cm³/mol. The number of esters is 3. The van der Waals surface area contributed by atoms with Crippen molar-refractivity contribution in [2.24, 2.45) is 0 Å². The van der Waals surface area contributed by atoms with Gasteiger partial charge in [0.05, 0.1) is 0 Å². The highest BCUT2D eigenvalue weighted by molar-refractivity contribution is 5.71. The fraction of sp³-hybridized carbons (Fsp3) is 0.533. The van der Waals surface area contributed by atoms with Crippen LogP contribution in [0.15, 0.2) is 194 Å². The van der Waals surface area contributed by atoms with Crippen molar-refractivity contribution >= 4 is 17.9 Å². The number of rotatable bonds is 55. The molecule has 6 nitrogen and oxygen atoms in total. The minimum atomic E-state index is -0.828. The Labute approximate surface area is 497 Å². The van der Waals surface area contributed by atoms with Crippen molar-refractivity contribution in [3.8, 4) is 0 Å². The van der Waals surface area contributed by atoms with Crippen molar-refractivity contribution < 1.29 is 28.6 Å². The van der Waals surface area contributed by atoms with E-state index >= 15 is 0 Å². The summed E-state index contributed by atoms with van der Waals surface area (Å²) in [7, 11) is 0. The Kier molecular flexibility index (Phi) is 62.0. The summed E-state index contributed by atoms with van der Waals surface area (Å²) in [5.41, 5.74) is 0. The fourth-order valence-electron chi connectivity index (χ4n) is 7.91. The first-order chi connectivity index (χ1) is 40.0. The Balaban J connectivity index is 4.42. The van der Waals surface area contributed by atoms with Crippen LogP contribution in [0, 0.1) is 0 Å². The van der Waals surface area contributed by atoms with E-state index in [9.17, 15) is 14.4 Å². The smallest absolute Gasteiger partial charge is 0.306 e. The molecule has 0 aromatic heterocycles. The number of hydrogen-bond acceptors (Lipinski definition) is 6. The average Bonchev–Trinajstić information content (AvgIpc) is 3.47. The lowest BCUT2D eigenvalue weighted by atomic mass is 10.1. The van der Waals surface area contributed by atoms with E-state index in [0.717, 1.165) is 193 Å². The van der Waals surface area contributed by atoms with Crippen LogP contribution in [-0.2, 0) is 28.6 Å². The van der Waals surface area contributed by atoms with Crippen molar-refractivity contribution in [2.45, 2.75) is 245 Å². The summed E-state index contributed by atoms with van der Waals surface area (Å²) in [6.07, 6.45) is 102. The minimum absolute atomic E-state index is 0.120. The summed E-state index contributed by atoms with van der Waals surface area (Å²) in [5, 5.41) is 0. The highest BCUT2D eigenvalue weighted by Gasteiger charge is 2.19. The molecule has 0 saturated carbocycles. The van der Waals surface area contributed by atoms with Crippen LogP contribution in [0.5, 0.6) is 0 Å². The molecule has 1 atom stereocenters. The largest absolute Gasteiger partial charge is 0.462 e. The summed E-state index contributed by atoms with van der Waals surface area (Å²) < 4.78 is 16.8. The van der Waals surface area contributed by atoms with Gasteiger partial charge >= 0.3 is 17.9 Å². The van der Waals surface area contributed by atoms with E-state index in [1.165, 1.54) is 0 Å². The maximum atomic E-state index is 12.9. The van der Waals surface area contributed by atoms with Gasteiger partial charge in [-0.15, -0.1) is 0 Å². The van der Waals surface area contributed by atoms with Gasteiger partial charge < -0.3 is 14.2 Å². The Bertz CT molecular complexity index is 1950. The quantitative estimate of drug-likeness (QED) is 0.0261. The second-order valence-electron chi connectivity index (χ2n) is 20.2. The van der Waals surface area contributed by atoms with Crippen LogP contribution in [-0.4, -0.2) is 37.2 Å². The molecule has 0 bridgehead atoms. The monoisotopic (exact) mass is 1110 g/mol. The van der Waals surface area contributed by atoms with Gasteiger partial charge in [-0.05, 0) is 161 Å². The molecule has 0 aromatic carbocycles. The molecule has 0 aliphatic heterocycles. The van der Waals surface area contributed by atoms with E-state index in [4.69, 9.17) is 14.2 Å². The molecule has 0 heterocycles. The summed E-state index contributed by atoms with van der Waals surface area (Å²) in [6.45, 7) is 6.21. The predicted octanol–water partition coefficient (Wildman–Crippen LogP) is 22.2. The van der Waals surface area contributed by atoms with Crippen LogP contribution in [0.1, 0.15) is 239 Å². The average molecular weight is 1110 g/mol. The highest BCUT2D eigenvalue weighted by Crippen LogP contribution is 2.13. The third-order valence-electron chi connectivity index (χ3n) is 12.6. The standard InChI is InChI=1S/C75H114O6/c1-4-7-10-13-16-19-22-25-28-29-30-31-32-33-34-35-36-37-38-39-40-41-42-43-44-45-48-50-53-56-59-62-65-68-74(77)80-71-72(81-75(78)69-66-63-60-57-54-51-47-27-24-21-18-15-12-9-6-3)70-79-73(76)67-64-61-58-55-52-49-46-26-23-20-17-14-11-8-5-2/h7-12,16-21,25-28,30-31,33-34,36-37,39-40,42-43,45-48,54,57,72H,4-6,13-15,22-24,29,32,35,38,41,44,49-53,55-56,58-71H2,1-3H3/b10-7-,11-8-,12-9-,19-16-,20-17-,21-18-,28-25-,31-30-,34-33-,37-36-,40-39-,43-42-,46-26-,47-27-,48-45-,57-54-. The van der Waals surface area contributed by atoms with Gasteiger partial charge in [-0.3, -0.25) is 14.4 Å². The fourth-order valence-corrected chi connectivity index (χ4v) is 7.91. The Morgan fingerprint density at radius 3 is 0.716 bits per heavy atom. The molecule has 450 valence electrons. The van der Waals surface area contributed by atoms with Crippen molar-refractivity contribution in [1.82, 2.24) is 0 Å². The number of carbonyl (C=O) groups excluding carboxylic acids is 3. The van der Waals surface area contributed by atoms with Crippen LogP contribution in [0.2, 0.25) is 0 Å². The molecule has 0 fully saturated rings. The van der Waals surface area contributed by atoms with Crippen LogP contribution in [0.3, 0.4) is 0 Å². The van der Waals surface area contributed by atoms with E-state index < -0.39 is 6.10 Å². The van der Waals surface area contributed by atoms with Gasteiger partial charge in [0, 0.05) is 19.3 Å². The molecule has 0 saturated heterocycles. The van der Waals surface area contributed by atoms with Gasteiger partial charge in [0.15, 0.2) is 6.10 Å². The summed E-state index contributed by atoms with van der Waals surface area (Å²) in [6, 6.07) is 0. The molecule has 0 amide bonds. The first kappa shape index (κ1) is 75.2. The molecule has 0 aliphatic carbocycles. The highest BCUT2D eigenvalue weighted by atomic mass is 16.6. The van der Waals surface area contributed by atoms with Gasteiger partial charge in [-0.2, -0.15) is 0 Å². The van der Waals surface area contributed by atoms with Crippen LogP contribution in [0.4, 0.5) is 0 Å². The van der Waals surface area contributed by atoms with Crippen molar-refractivity contribution in [3.05, 3.63) is 194 Å². The number of unbranched alkanes of at least 4 members (excludes halogenated alkanes) is 12. The van der Waals surface area contributed by atoms with E-state index in [-0.39, 0.29) is 37.5 Å². The molecule has 6 heteroatoms. The second-order valence-corrected chi connectivity index (χ2v) is 20.2. The summed E-state index contributed by atoms with van der Waals surface area (Å²) >= 11 is 0. The van der Waals surface area contributed by atoms with Crippen LogP contribution < -0.4 is 0 Å². The number of allylic oxidation sites excluding steroid dienone is 32. The SMILES string of the molecule is CC/C=C\C/C=C\C/C=C\C/C=C\C/C=C\C/C=C\C/C=C\C/C=C\C/C=C\CCCCCCCC(=O)OCC(COC(=O)CCCCCCC/C=C\C/C=C\C/C=C\CC)OC(=O)CCCC/C=C\C/C=C\C/C=C\C/C=C\CC. The molecule has 0 radical (unpaired) electrons. The maximum Gasteiger partial charge on any atom is 0.306 e. The van der Waals surface area contributed by atoms with Crippen LogP contribution >= 0.6 is 0 Å². The Morgan fingerprint density at radius 1 is 0.247 bits per heavy atom. The van der Waals surface area contributed by atoms with E-state index in [1.54, 1.807) is 0 Å². The van der Waals surface area contributed by atoms with Crippen LogP contribution in [0.25, 0.3) is 0 Å². The molecule has 0 N–H and O–H groups in total. The molecular weight excluding hydrogens is 997 g/mol. The van der Waals surface area contributed by atoms with Crippen molar-refractivity contribution in [3.63, 3.8) is 0 Å². The van der Waals surface area contributed by atoms with Gasteiger partial charge in [-0.25, -0.2) is 0 Å². The lowest BCUT2D eigenvalue weighted by Crippen LogP contribution is -2.30. The summed E-state index contributed by atoms with van der Waals surface area (Å²) in [4.78, 5) is 38.3. The molecule has 0 rings (SSSR count). The van der Waals surface area contributed by atoms with Gasteiger partial charge in [0.1, 0.15) is 13.2 Å². The number of ether oxygens (including phenoxy) is 3. The zero-order valence-corrected chi connectivity index (χ0v) is 51.5. The molecule has 81 heavy (non-hydrogen) atoms. The molecular formula is C75H114O6. The van der Waals surface area contributed by atoms with Crippen molar-refractivity contribution in [1.29, 1.82) is 0 Å². The second kappa shape index (κ2) is 66.8. The van der Waals surface area contributed by atoms with Crippen molar-refractivity contribution in [2.75, 3.05) is 13.2 Å². The zero-order chi connectivity index (χ0) is 58.5. The van der Waals surface area contributed by atoms with Gasteiger partial charge in [0.2, 0.25) is 0 Å². The Morgan fingerprint density at radius 2 is 0.444 bits per heavy atom. The molecule has 0 spiro atoms. The van der Waals surface area contributed by atoms with Gasteiger partial charge in [0.25, 0.3) is 0 Å². The zero-order valence-electron chi connectivity index (χ0n) is 51.5. The third-order valence-corrected chi connectivity index (χ3v) is 12.6. The van der Waals surface area contributed by atoms with Gasteiger partial charge in [-0.1, -0.05) is 254 Å². The molecule has 1 unspecified atom stereocenters. The topological polar surface area (TPSA) is 78.9 Å². The minimum Gasteiger partial charge on any atom is -0.462 e. The Hall–Kier alpha value is -5.75. The van der Waals surface area contributed by atoms with E-state index in [2.05, 4.69) is 215 Å². The lowest BCUT2D eigenvalue weighted by molar-refractivity contribution is -0.167. The number of hydrogen-bond donors (Lipinski definition) is 0. The summed E-state index contributed by atoms with van der Waals surface area (Å²) in [5.74, 6) is -1.01. The first-order valence-corrected chi connectivity index (χ1v) is 31.9. The normalized spacial score (nSPS) is 13.5.